The molecule has 0 radical (unpaired) electrons. The second kappa shape index (κ2) is 11.4. The summed E-state index contributed by atoms with van der Waals surface area (Å²) in [5, 5.41) is 13.1. The van der Waals surface area contributed by atoms with E-state index < -0.39 is 6.10 Å². The number of urea groups is 1. The second-order valence-corrected chi connectivity index (χ2v) is 7.56. The second-order valence-electron chi connectivity index (χ2n) is 7.56. The maximum absolute atomic E-state index is 12.3. The molecule has 1 unspecified atom stereocenters. The molecule has 0 spiro atoms. The van der Waals surface area contributed by atoms with E-state index in [9.17, 15) is 9.90 Å². The first-order chi connectivity index (χ1) is 13.9. The number of likely N-dealkylation sites (N-methyl/N-ethyl adjacent to an activating group) is 1. The molecule has 29 heavy (non-hydrogen) atoms. The summed E-state index contributed by atoms with van der Waals surface area (Å²) < 4.78 is 5.61. The molecule has 0 aliphatic carbocycles. The third-order valence-corrected chi connectivity index (χ3v) is 4.54. The minimum atomic E-state index is -0.764. The van der Waals surface area contributed by atoms with Gasteiger partial charge in [-0.3, -0.25) is 0 Å². The van der Waals surface area contributed by atoms with Crippen LogP contribution in [0.4, 0.5) is 4.79 Å². The molecule has 0 aliphatic rings. The SMILES string of the molecule is CCc1ccc(OCC(O)CN(C)C(=O)NCc2cccc(CN(C)C)c2)cc1. The maximum atomic E-state index is 12.3. The van der Waals surface area contributed by atoms with Gasteiger partial charge in [-0.05, 0) is 49.3 Å². The largest absolute Gasteiger partial charge is 0.491 e. The number of ether oxygens (including phenoxy) is 1. The molecule has 0 saturated heterocycles. The minimum Gasteiger partial charge on any atom is -0.491 e. The summed E-state index contributed by atoms with van der Waals surface area (Å²) in [6.07, 6.45) is 0.211. The number of amides is 2. The van der Waals surface area contributed by atoms with Crippen LogP contribution in [0, 0.1) is 0 Å². The number of nitrogens with zero attached hydrogens (tertiary/aromatic N) is 2. The standard InChI is InChI=1S/C23H33N3O3/c1-5-18-9-11-22(12-10-18)29-17-21(27)16-26(4)23(28)24-14-19-7-6-8-20(13-19)15-25(2)3/h6-13,21,27H,5,14-17H2,1-4H3,(H,24,28). The highest BCUT2D eigenvalue weighted by molar-refractivity contribution is 5.73. The average Bonchev–Trinajstić information content (AvgIpc) is 2.70. The van der Waals surface area contributed by atoms with Gasteiger partial charge in [-0.15, -0.1) is 0 Å². The highest BCUT2D eigenvalue weighted by atomic mass is 16.5. The summed E-state index contributed by atoms with van der Waals surface area (Å²) in [5.41, 5.74) is 3.49. The summed E-state index contributed by atoms with van der Waals surface area (Å²) >= 11 is 0. The van der Waals surface area contributed by atoms with Gasteiger partial charge >= 0.3 is 6.03 Å². The Kier molecular flexibility index (Phi) is 8.96. The molecule has 158 valence electrons. The lowest BCUT2D eigenvalue weighted by atomic mass is 10.1. The molecule has 2 aromatic rings. The third-order valence-electron chi connectivity index (χ3n) is 4.54. The summed E-state index contributed by atoms with van der Waals surface area (Å²) in [5.74, 6) is 0.714. The Hall–Kier alpha value is -2.57. The number of carbonyl (C=O) groups excluding carboxylic acids is 1. The number of nitrogens with one attached hydrogen (secondary N) is 1. The van der Waals surface area contributed by atoms with E-state index in [1.54, 1.807) is 7.05 Å². The average molecular weight is 400 g/mol. The quantitative estimate of drug-likeness (QED) is 0.645. The van der Waals surface area contributed by atoms with Crippen molar-refractivity contribution in [3.05, 3.63) is 65.2 Å². The van der Waals surface area contributed by atoms with Crippen LogP contribution in [0.15, 0.2) is 48.5 Å². The summed E-state index contributed by atoms with van der Waals surface area (Å²) in [4.78, 5) is 15.9. The number of aliphatic hydroxyl groups is 1. The molecule has 1 atom stereocenters. The molecule has 6 nitrogen and oxygen atoms in total. The van der Waals surface area contributed by atoms with Crippen LogP contribution in [0.25, 0.3) is 0 Å². The molecule has 2 aromatic carbocycles. The predicted octanol–water partition coefficient (Wildman–Crippen LogP) is 2.89. The van der Waals surface area contributed by atoms with Crippen molar-refractivity contribution < 1.29 is 14.6 Å². The van der Waals surface area contributed by atoms with Crippen LogP contribution >= 0.6 is 0 Å². The van der Waals surface area contributed by atoms with Crippen molar-refractivity contribution in [1.29, 1.82) is 0 Å². The van der Waals surface area contributed by atoms with Gasteiger partial charge in [-0.2, -0.15) is 0 Å². The van der Waals surface area contributed by atoms with Gasteiger partial charge in [0.2, 0.25) is 0 Å². The lowest BCUT2D eigenvalue weighted by Crippen LogP contribution is -2.42. The van der Waals surface area contributed by atoms with E-state index in [2.05, 4.69) is 29.3 Å². The molecule has 0 bridgehead atoms. The minimum absolute atomic E-state index is 0.135. The van der Waals surface area contributed by atoms with Crippen LogP contribution in [-0.2, 0) is 19.5 Å². The van der Waals surface area contributed by atoms with Crippen molar-refractivity contribution in [3.8, 4) is 5.75 Å². The van der Waals surface area contributed by atoms with Gasteiger partial charge in [0.1, 0.15) is 18.5 Å². The van der Waals surface area contributed by atoms with E-state index in [0.717, 1.165) is 18.5 Å². The number of aryl methyl sites for hydroxylation is 1. The Balaban J connectivity index is 1.74. The lowest BCUT2D eigenvalue weighted by molar-refractivity contribution is 0.0830. The van der Waals surface area contributed by atoms with Crippen molar-refractivity contribution in [2.75, 3.05) is 34.3 Å². The molecule has 0 aliphatic heterocycles. The number of rotatable bonds is 10. The lowest BCUT2D eigenvalue weighted by Gasteiger charge is -2.21. The van der Waals surface area contributed by atoms with Gasteiger partial charge < -0.3 is 25.0 Å². The third kappa shape index (κ3) is 8.13. The van der Waals surface area contributed by atoms with Crippen molar-refractivity contribution >= 4 is 6.03 Å². The molecule has 2 amide bonds. The molecule has 2 N–H and O–H groups in total. The monoisotopic (exact) mass is 399 g/mol. The van der Waals surface area contributed by atoms with Crippen LogP contribution < -0.4 is 10.1 Å². The normalized spacial score (nSPS) is 11.9. The summed E-state index contributed by atoms with van der Waals surface area (Å²) in [7, 11) is 5.72. The molecule has 0 heterocycles. The fourth-order valence-electron chi connectivity index (χ4n) is 2.98. The zero-order valence-electron chi connectivity index (χ0n) is 17.9. The van der Waals surface area contributed by atoms with E-state index in [1.165, 1.54) is 16.0 Å². The highest BCUT2D eigenvalue weighted by Crippen LogP contribution is 2.13. The van der Waals surface area contributed by atoms with Gasteiger partial charge in [-0.25, -0.2) is 4.79 Å². The van der Waals surface area contributed by atoms with Gasteiger partial charge in [-0.1, -0.05) is 43.3 Å². The van der Waals surface area contributed by atoms with E-state index in [0.29, 0.717) is 12.3 Å². The molecule has 0 aromatic heterocycles. The molecular formula is C23H33N3O3. The Morgan fingerprint density at radius 3 is 2.41 bits per heavy atom. The van der Waals surface area contributed by atoms with Crippen LogP contribution in [0.3, 0.4) is 0 Å². The highest BCUT2D eigenvalue weighted by Gasteiger charge is 2.14. The van der Waals surface area contributed by atoms with E-state index >= 15 is 0 Å². The molecule has 0 saturated carbocycles. The van der Waals surface area contributed by atoms with E-state index in [1.807, 2.05) is 50.5 Å². The van der Waals surface area contributed by atoms with Crippen molar-refractivity contribution in [2.45, 2.75) is 32.5 Å². The zero-order chi connectivity index (χ0) is 21.2. The van der Waals surface area contributed by atoms with Gasteiger partial charge in [0.25, 0.3) is 0 Å². The zero-order valence-corrected chi connectivity index (χ0v) is 17.9. The van der Waals surface area contributed by atoms with Crippen molar-refractivity contribution in [1.82, 2.24) is 15.1 Å². The molecule has 2 rings (SSSR count). The van der Waals surface area contributed by atoms with Gasteiger partial charge in [0.05, 0.1) is 6.54 Å². The Labute approximate surface area is 174 Å². The van der Waals surface area contributed by atoms with Crippen molar-refractivity contribution in [2.24, 2.45) is 0 Å². The maximum Gasteiger partial charge on any atom is 0.317 e. The van der Waals surface area contributed by atoms with Crippen LogP contribution in [0.2, 0.25) is 0 Å². The van der Waals surface area contributed by atoms with E-state index in [-0.39, 0.29) is 19.2 Å². The first-order valence-electron chi connectivity index (χ1n) is 9.98. The molecule has 6 heteroatoms. The molecule has 0 fully saturated rings. The Morgan fingerprint density at radius 2 is 1.76 bits per heavy atom. The van der Waals surface area contributed by atoms with Crippen molar-refractivity contribution in [3.63, 3.8) is 0 Å². The van der Waals surface area contributed by atoms with Crippen LogP contribution in [0.5, 0.6) is 5.75 Å². The predicted molar refractivity (Wildman–Crippen MR) is 116 cm³/mol. The Bertz CT molecular complexity index is 762. The van der Waals surface area contributed by atoms with E-state index in [4.69, 9.17) is 4.74 Å². The number of aliphatic hydroxyl groups excluding tert-OH is 1. The number of benzene rings is 2. The Morgan fingerprint density at radius 1 is 1.07 bits per heavy atom. The smallest absolute Gasteiger partial charge is 0.317 e. The fourth-order valence-corrected chi connectivity index (χ4v) is 2.98. The topological polar surface area (TPSA) is 65.0 Å². The summed E-state index contributed by atoms with van der Waals surface area (Å²) in [6.45, 7) is 3.73. The van der Waals surface area contributed by atoms with Gasteiger partial charge in [0.15, 0.2) is 0 Å². The first kappa shape index (κ1) is 22.7. The number of carbonyl (C=O) groups is 1. The van der Waals surface area contributed by atoms with Crippen LogP contribution in [-0.4, -0.2) is 61.3 Å². The van der Waals surface area contributed by atoms with Gasteiger partial charge in [0, 0.05) is 20.1 Å². The first-order valence-corrected chi connectivity index (χ1v) is 9.98. The fraction of sp³-hybridized carbons (Fsp3) is 0.435. The molecular weight excluding hydrogens is 366 g/mol. The number of hydrogen-bond acceptors (Lipinski definition) is 4. The number of hydrogen-bond donors (Lipinski definition) is 2. The van der Waals surface area contributed by atoms with Crippen LogP contribution in [0.1, 0.15) is 23.6 Å². The summed E-state index contributed by atoms with van der Waals surface area (Å²) in [6, 6.07) is 15.7.